The van der Waals surface area contributed by atoms with Crippen molar-refractivity contribution in [3.63, 3.8) is 0 Å². The third-order valence-electron chi connectivity index (χ3n) is 7.97. The van der Waals surface area contributed by atoms with Crippen LogP contribution in [-0.4, -0.2) is 79.1 Å². The van der Waals surface area contributed by atoms with Crippen molar-refractivity contribution in [2.24, 2.45) is 0 Å². The van der Waals surface area contributed by atoms with Crippen LogP contribution < -0.4 is 11.1 Å². The minimum absolute atomic E-state index is 0.0180. The van der Waals surface area contributed by atoms with Gasteiger partial charge in [0.2, 0.25) is 5.91 Å². The molecule has 1 saturated heterocycles. The van der Waals surface area contributed by atoms with Gasteiger partial charge in [-0.3, -0.25) is 14.5 Å². The Morgan fingerprint density at radius 2 is 1.93 bits per heavy atom. The smallest absolute Gasteiger partial charge is 0.256 e. The first-order chi connectivity index (χ1) is 20.4. The van der Waals surface area contributed by atoms with E-state index < -0.39 is 0 Å². The quantitative estimate of drug-likeness (QED) is 0.308. The molecule has 1 aromatic carbocycles. The van der Waals surface area contributed by atoms with Gasteiger partial charge in [-0.1, -0.05) is 18.2 Å². The number of rotatable bonds is 8. The van der Waals surface area contributed by atoms with Crippen molar-refractivity contribution in [1.29, 1.82) is 0 Å². The molecule has 4 aromatic rings. The number of nitrogens with two attached hydrogens (primary N) is 1. The van der Waals surface area contributed by atoms with Gasteiger partial charge in [0, 0.05) is 49.1 Å². The highest BCUT2D eigenvalue weighted by molar-refractivity contribution is 6.04. The molecule has 1 atom stereocenters. The van der Waals surface area contributed by atoms with E-state index in [1.54, 1.807) is 24.4 Å². The van der Waals surface area contributed by atoms with Crippen LogP contribution in [0.4, 0.5) is 11.6 Å². The maximum absolute atomic E-state index is 13.0. The summed E-state index contributed by atoms with van der Waals surface area (Å²) in [5.74, 6) is 0.599. The van der Waals surface area contributed by atoms with Gasteiger partial charge in [-0.05, 0) is 69.5 Å². The third kappa shape index (κ3) is 5.87. The number of carbonyl (C=O) groups is 2. The van der Waals surface area contributed by atoms with Crippen LogP contribution in [0.25, 0.3) is 22.3 Å². The highest BCUT2D eigenvalue weighted by atomic mass is 16.2. The Balaban J connectivity index is 1.22. The zero-order valence-corrected chi connectivity index (χ0v) is 23.9. The van der Waals surface area contributed by atoms with E-state index in [2.05, 4.69) is 32.2 Å². The van der Waals surface area contributed by atoms with Crippen molar-refractivity contribution in [2.75, 3.05) is 37.7 Å². The molecule has 42 heavy (non-hydrogen) atoms. The monoisotopic (exact) mass is 565 g/mol. The number of piperidine rings is 1. The Bertz CT molecular complexity index is 1640. The summed E-state index contributed by atoms with van der Waals surface area (Å²) in [7, 11) is 2.10. The number of amides is 2. The number of nitrogens with zero attached hydrogens (tertiary/aromatic N) is 7. The predicted octanol–water partition coefficient (Wildman–Crippen LogP) is 3.85. The highest BCUT2D eigenvalue weighted by Crippen LogP contribution is 2.34. The molecular formula is C31H35N9O2. The van der Waals surface area contributed by atoms with E-state index in [4.69, 9.17) is 10.8 Å². The number of fused-ring (bicyclic) bond motifs is 1. The minimum Gasteiger partial charge on any atom is -0.383 e. The molecule has 3 N–H and O–H groups in total. The van der Waals surface area contributed by atoms with Crippen LogP contribution in [0.1, 0.15) is 47.6 Å². The van der Waals surface area contributed by atoms with Crippen LogP contribution in [0.2, 0.25) is 0 Å². The first kappa shape index (κ1) is 27.5. The number of pyridine rings is 1. The lowest BCUT2D eigenvalue weighted by molar-refractivity contribution is -0.127. The third-order valence-corrected chi connectivity index (χ3v) is 7.97. The van der Waals surface area contributed by atoms with Crippen molar-refractivity contribution in [1.82, 2.24) is 34.5 Å². The summed E-state index contributed by atoms with van der Waals surface area (Å²) >= 11 is 0. The summed E-state index contributed by atoms with van der Waals surface area (Å²) in [6.45, 7) is 3.97. The number of nitrogens with one attached hydrogen (secondary N) is 1. The summed E-state index contributed by atoms with van der Waals surface area (Å²) in [4.78, 5) is 43.0. The molecule has 11 heteroatoms. The average molecular weight is 566 g/mol. The summed E-state index contributed by atoms with van der Waals surface area (Å²) in [6.07, 6.45) is 11.0. The van der Waals surface area contributed by atoms with Gasteiger partial charge in [0.25, 0.3) is 5.91 Å². The van der Waals surface area contributed by atoms with Crippen LogP contribution >= 0.6 is 0 Å². The van der Waals surface area contributed by atoms with Crippen LogP contribution in [0.15, 0.2) is 61.1 Å². The number of likely N-dealkylation sites (tertiary alicyclic amines) is 1. The molecular weight excluding hydrogens is 530 g/mol. The van der Waals surface area contributed by atoms with Gasteiger partial charge in [-0.25, -0.2) is 19.6 Å². The second-order valence-corrected chi connectivity index (χ2v) is 11.2. The SMILES string of the molecule is Cc1ccnc(NC(=O)c2ccc(-c3nn([C@@H]4CCCN(C(=O)C=CCN(C)C5CC5)C4)c4ncnc(N)c34)cc2)c1. The van der Waals surface area contributed by atoms with Crippen molar-refractivity contribution >= 4 is 34.5 Å². The summed E-state index contributed by atoms with van der Waals surface area (Å²) in [5.41, 5.74) is 9.90. The second-order valence-electron chi connectivity index (χ2n) is 11.2. The molecule has 216 valence electrons. The maximum atomic E-state index is 13.0. The zero-order valence-electron chi connectivity index (χ0n) is 23.9. The number of aromatic nitrogens is 5. The molecule has 2 aliphatic rings. The van der Waals surface area contributed by atoms with E-state index in [-0.39, 0.29) is 17.9 Å². The molecule has 1 aliphatic heterocycles. The van der Waals surface area contributed by atoms with E-state index in [0.29, 0.717) is 53.1 Å². The molecule has 1 saturated carbocycles. The Kier molecular flexibility index (Phi) is 7.66. The number of aryl methyl sites for hydroxylation is 1. The Morgan fingerprint density at radius 3 is 2.69 bits per heavy atom. The minimum atomic E-state index is -0.252. The molecule has 0 spiro atoms. The van der Waals surface area contributed by atoms with Gasteiger partial charge in [-0.15, -0.1) is 0 Å². The van der Waals surface area contributed by atoms with E-state index in [1.165, 1.54) is 19.2 Å². The molecule has 3 aromatic heterocycles. The lowest BCUT2D eigenvalue weighted by Crippen LogP contribution is -2.40. The predicted molar refractivity (Wildman–Crippen MR) is 162 cm³/mol. The van der Waals surface area contributed by atoms with Crippen molar-refractivity contribution in [3.05, 3.63) is 72.2 Å². The fourth-order valence-electron chi connectivity index (χ4n) is 5.47. The molecule has 0 radical (unpaired) electrons. The first-order valence-corrected chi connectivity index (χ1v) is 14.4. The number of benzene rings is 1. The van der Waals surface area contributed by atoms with Crippen LogP contribution in [0, 0.1) is 6.92 Å². The Morgan fingerprint density at radius 1 is 1.12 bits per heavy atom. The number of hydrogen-bond donors (Lipinski definition) is 2. The van der Waals surface area contributed by atoms with Gasteiger partial charge in [0.05, 0.1) is 11.4 Å². The van der Waals surface area contributed by atoms with Gasteiger partial charge < -0.3 is 16.0 Å². The Hall–Kier alpha value is -4.64. The van der Waals surface area contributed by atoms with Crippen molar-refractivity contribution in [3.8, 4) is 11.3 Å². The lowest BCUT2D eigenvalue weighted by Gasteiger charge is -2.32. The van der Waals surface area contributed by atoms with E-state index >= 15 is 0 Å². The highest BCUT2D eigenvalue weighted by Gasteiger charge is 2.29. The molecule has 2 amide bonds. The average Bonchev–Trinajstić information content (AvgIpc) is 3.77. The van der Waals surface area contributed by atoms with Crippen molar-refractivity contribution in [2.45, 2.75) is 44.7 Å². The van der Waals surface area contributed by atoms with Crippen molar-refractivity contribution < 1.29 is 9.59 Å². The Labute approximate surface area is 244 Å². The second kappa shape index (κ2) is 11.7. The fraction of sp³-hybridized carbons (Fsp3) is 0.355. The number of hydrogen-bond acceptors (Lipinski definition) is 8. The van der Waals surface area contributed by atoms with E-state index in [9.17, 15) is 9.59 Å². The maximum Gasteiger partial charge on any atom is 0.256 e. The van der Waals surface area contributed by atoms with E-state index in [1.807, 2.05) is 46.8 Å². The first-order valence-electron chi connectivity index (χ1n) is 14.4. The molecule has 11 nitrogen and oxygen atoms in total. The molecule has 2 fully saturated rings. The summed E-state index contributed by atoms with van der Waals surface area (Å²) in [5, 5.41) is 8.45. The number of carbonyl (C=O) groups excluding carboxylic acids is 2. The number of likely N-dealkylation sites (N-methyl/N-ethyl adjacent to an activating group) is 1. The van der Waals surface area contributed by atoms with Gasteiger partial charge in [0.1, 0.15) is 23.7 Å². The van der Waals surface area contributed by atoms with Crippen LogP contribution in [0.3, 0.4) is 0 Å². The molecule has 6 rings (SSSR count). The van der Waals surface area contributed by atoms with Crippen LogP contribution in [0.5, 0.6) is 0 Å². The van der Waals surface area contributed by atoms with E-state index in [0.717, 1.165) is 30.5 Å². The zero-order chi connectivity index (χ0) is 29.2. The van der Waals surface area contributed by atoms with Gasteiger partial charge >= 0.3 is 0 Å². The number of anilines is 2. The normalized spacial score (nSPS) is 17.3. The largest absolute Gasteiger partial charge is 0.383 e. The summed E-state index contributed by atoms with van der Waals surface area (Å²) in [6, 6.07) is 11.5. The molecule has 0 bridgehead atoms. The molecule has 4 heterocycles. The topological polar surface area (TPSA) is 135 Å². The number of nitrogen functional groups attached to an aromatic ring is 1. The van der Waals surface area contributed by atoms with Crippen LogP contribution in [-0.2, 0) is 4.79 Å². The molecule has 0 unspecified atom stereocenters. The fourth-order valence-corrected chi connectivity index (χ4v) is 5.47. The summed E-state index contributed by atoms with van der Waals surface area (Å²) < 4.78 is 1.89. The molecule has 1 aliphatic carbocycles. The van der Waals surface area contributed by atoms with Gasteiger partial charge in [0.15, 0.2) is 5.65 Å². The lowest BCUT2D eigenvalue weighted by atomic mass is 10.1. The van der Waals surface area contributed by atoms with Gasteiger partial charge in [-0.2, -0.15) is 5.10 Å². The standard InChI is InChI=1S/C31H35N9O2/c1-20-13-14-33-25(17-20)36-31(42)22-9-7-21(8-10-22)28-27-29(32)34-19-35-30(27)40(37-28)24-5-3-16-39(18-24)26(41)6-4-15-38(2)23-11-12-23/h4,6-10,13-14,17,19,23-24H,3,5,11-12,15-16,18H2,1-2H3,(H2,32,34,35)(H,33,36,42)/t24-/m1/s1.